The van der Waals surface area contributed by atoms with Crippen molar-refractivity contribution in [3.8, 4) is 5.75 Å². The summed E-state index contributed by atoms with van der Waals surface area (Å²) in [6.07, 6.45) is 5.57. The second kappa shape index (κ2) is 15.8. The van der Waals surface area contributed by atoms with Crippen molar-refractivity contribution in [3.63, 3.8) is 0 Å². The Hall–Kier alpha value is -3.55. The minimum absolute atomic E-state index is 0.275. The molecule has 0 heterocycles. The van der Waals surface area contributed by atoms with Crippen molar-refractivity contribution in [1.29, 1.82) is 0 Å². The first-order valence-corrected chi connectivity index (χ1v) is 13.8. The SMILES string of the molecule is CCCCCCCCN(C(=O)CNC(=O)OC(C)(C)C)C(C(=O)Nc1ccc(OC)cc1)c1ccccc1C. The van der Waals surface area contributed by atoms with Crippen LogP contribution in [0, 0.1) is 6.92 Å². The third-order valence-electron chi connectivity index (χ3n) is 6.26. The monoisotopic (exact) mass is 539 g/mol. The quantitative estimate of drug-likeness (QED) is 0.271. The van der Waals surface area contributed by atoms with Crippen molar-refractivity contribution in [2.24, 2.45) is 0 Å². The summed E-state index contributed by atoms with van der Waals surface area (Å²) < 4.78 is 10.5. The molecule has 0 bridgehead atoms. The van der Waals surface area contributed by atoms with E-state index in [0.29, 0.717) is 18.0 Å². The predicted molar refractivity (Wildman–Crippen MR) is 155 cm³/mol. The normalized spacial score (nSPS) is 11.8. The van der Waals surface area contributed by atoms with Crippen LogP contribution in [-0.4, -0.2) is 48.6 Å². The highest BCUT2D eigenvalue weighted by atomic mass is 16.6. The fourth-order valence-electron chi connectivity index (χ4n) is 4.25. The molecule has 2 N–H and O–H groups in total. The summed E-state index contributed by atoms with van der Waals surface area (Å²) in [5.74, 6) is -0.00448. The van der Waals surface area contributed by atoms with Crippen LogP contribution in [0.15, 0.2) is 48.5 Å². The lowest BCUT2D eigenvalue weighted by Crippen LogP contribution is -2.47. The second-order valence-electron chi connectivity index (χ2n) is 10.7. The predicted octanol–water partition coefficient (Wildman–Crippen LogP) is 6.40. The zero-order valence-electron chi connectivity index (χ0n) is 24.3. The van der Waals surface area contributed by atoms with Gasteiger partial charge in [0.15, 0.2) is 0 Å². The van der Waals surface area contributed by atoms with Gasteiger partial charge in [-0.15, -0.1) is 0 Å². The largest absolute Gasteiger partial charge is 0.497 e. The highest BCUT2D eigenvalue weighted by Gasteiger charge is 2.32. The highest BCUT2D eigenvalue weighted by Crippen LogP contribution is 2.27. The number of nitrogens with one attached hydrogen (secondary N) is 2. The Bertz CT molecular complexity index is 1060. The molecule has 2 rings (SSSR count). The van der Waals surface area contributed by atoms with Gasteiger partial charge >= 0.3 is 6.09 Å². The van der Waals surface area contributed by atoms with Crippen molar-refractivity contribution in [2.45, 2.75) is 84.8 Å². The Morgan fingerprint density at radius 1 is 0.923 bits per heavy atom. The van der Waals surface area contributed by atoms with E-state index in [1.807, 2.05) is 31.2 Å². The topological polar surface area (TPSA) is 97.0 Å². The Kier molecular flexibility index (Phi) is 12.8. The highest BCUT2D eigenvalue weighted by molar-refractivity contribution is 5.98. The molecule has 2 aromatic rings. The van der Waals surface area contributed by atoms with Gasteiger partial charge in [0.2, 0.25) is 5.91 Å². The molecule has 0 saturated heterocycles. The minimum Gasteiger partial charge on any atom is -0.497 e. The molecule has 214 valence electrons. The third kappa shape index (κ3) is 11.0. The van der Waals surface area contributed by atoms with E-state index in [9.17, 15) is 14.4 Å². The maximum Gasteiger partial charge on any atom is 0.408 e. The molecule has 39 heavy (non-hydrogen) atoms. The molecule has 1 unspecified atom stereocenters. The molecule has 1 atom stereocenters. The number of rotatable bonds is 14. The molecule has 8 heteroatoms. The molecule has 2 aromatic carbocycles. The van der Waals surface area contributed by atoms with E-state index in [1.54, 1.807) is 57.0 Å². The fraction of sp³-hybridized carbons (Fsp3) is 0.516. The lowest BCUT2D eigenvalue weighted by molar-refractivity contribution is -0.138. The van der Waals surface area contributed by atoms with Crippen LogP contribution in [0.2, 0.25) is 0 Å². The number of nitrogens with zero attached hydrogens (tertiary/aromatic N) is 1. The average Bonchev–Trinajstić information content (AvgIpc) is 2.88. The number of carbonyl (C=O) groups is 3. The van der Waals surface area contributed by atoms with Gasteiger partial charge in [-0.1, -0.05) is 63.3 Å². The van der Waals surface area contributed by atoms with Gasteiger partial charge < -0.3 is 25.0 Å². The van der Waals surface area contributed by atoms with E-state index in [0.717, 1.165) is 43.2 Å². The van der Waals surface area contributed by atoms with Crippen LogP contribution in [0.25, 0.3) is 0 Å². The van der Waals surface area contributed by atoms with Crippen molar-refractivity contribution < 1.29 is 23.9 Å². The van der Waals surface area contributed by atoms with Crippen LogP contribution < -0.4 is 15.4 Å². The molecular weight excluding hydrogens is 494 g/mol. The molecule has 0 fully saturated rings. The lowest BCUT2D eigenvalue weighted by atomic mass is 9.98. The van der Waals surface area contributed by atoms with Crippen LogP contribution in [0.4, 0.5) is 10.5 Å². The molecule has 3 amide bonds. The van der Waals surface area contributed by atoms with Gasteiger partial charge in [0.1, 0.15) is 23.9 Å². The van der Waals surface area contributed by atoms with Gasteiger partial charge in [0, 0.05) is 12.2 Å². The standard InChI is InChI=1S/C31H45N3O5/c1-7-8-9-10-11-14-21-34(27(35)22-32-30(37)39-31(3,4)5)28(26-16-13-12-15-23(26)2)29(36)33-24-17-19-25(38-6)20-18-24/h12-13,15-20,28H,7-11,14,21-22H2,1-6H3,(H,32,37)(H,33,36). The summed E-state index contributed by atoms with van der Waals surface area (Å²) in [5, 5.41) is 5.53. The zero-order valence-corrected chi connectivity index (χ0v) is 24.3. The molecule has 0 aliphatic rings. The molecule has 0 saturated carbocycles. The van der Waals surface area contributed by atoms with Crippen LogP contribution >= 0.6 is 0 Å². The summed E-state index contributed by atoms with van der Waals surface area (Å²) in [5.41, 5.74) is 1.54. The Balaban J connectivity index is 2.33. The average molecular weight is 540 g/mol. The van der Waals surface area contributed by atoms with Crippen molar-refractivity contribution in [1.82, 2.24) is 10.2 Å². The van der Waals surface area contributed by atoms with Crippen LogP contribution in [0.5, 0.6) is 5.75 Å². The second-order valence-corrected chi connectivity index (χ2v) is 10.7. The maximum absolute atomic E-state index is 13.8. The summed E-state index contributed by atoms with van der Waals surface area (Å²) in [6, 6.07) is 13.7. The minimum atomic E-state index is -0.878. The van der Waals surface area contributed by atoms with Gasteiger partial charge in [-0.3, -0.25) is 9.59 Å². The van der Waals surface area contributed by atoms with E-state index in [-0.39, 0.29) is 18.4 Å². The van der Waals surface area contributed by atoms with Crippen molar-refractivity contribution in [3.05, 3.63) is 59.7 Å². The molecule has 0 spiro atoms. The van der Waals surface area contributed by atoms with Crippen LogP contribution in [0.3, 0.4) is 0 Å². The number of aryl methyl sites for hydroxylation is 1. The molecule has 0 radical (unpaired) electrons. The molecule has 0 aliphatic carbocycles. The van der Waals surface area contributed by atoms with Gasteiger partial charge in [-0.2, -0.15) is 0 Å². The first-order valence-electron chi connectivity index (χ1n) is 13.8. The van der Waals surface area contributed by atoms with E-state index in [2.05, 4.69) is 17.6 Å². The van der Waals surface area contributed by atoms with E-state index >= 15 is 0 Å². The lowest BCUT2D eigenvalue weighted by Gasteiger charge is -2.32. The van der Waals surface area contributed by atoms with Crippen molar-refractivity contribution >= 4 is 23.6 Å². The smallest absolute Gasteiger partial charge is 0.408 e. The number of ether oxygens (including phenoxy) is 2. The number of anilines is 1. The number of carbonyl (C=O) groups excluding carboxylic acids is 3. The van der Waals surface area contributed by atoms with Gasteiger partial charge in [-0.25, -0.2) is 4.79 Å². The number of hydrogen-bond donors (Lipinski definition) is 2. The van der Waals surface area contributed by atoms with Crippen LogP contribution in [0.1, 0.15) is 83.4 Å². The Morgan fingerprint density at radius 3 is 2.18 bits per heavy atom. The summed E-state index contributed by atoms with van der Waals surface area (Å²) in [7, 11) is 1.58. The molecule has 0 aliphatic heterocycles. The fourth-order valence-corrected chi connectivity index (χ4v) is 4.25. The number of hydrogen-bond acceptors (Lipinski definition) is 5. The molecule has 0 aromatic heterocycles. The molecular formula is C31H45N3O5. The first-order chi connectivity index (χ1) is 18.6. The number of methoxy groups -OCH3 is 1. The maximum atomic E-state index is 13.8. The molecule has 8 nitrogen and oxygen atoms in total. The number of benzene rings is 2. The number of unbranched alkanes of at least 4 members (excludes halogenated alkanes) is 5. The van der Waals surface area contributed by atoms with Crippen LogP contribution in [-0.2, 0) is 14.3 Å². The number of amides is 3. The van der Waals surface area contributed by atoms with E-state index in [1.165, 1.54) is 6.42 Å². The zero-order chi connectivity index (χ0) is 28.8. The van der Waals surface area contributed by atoms with E-state index in [4.69, 9.17) is 9.47 Å². The summed E-state index contributed by atoms with van der Waals surface area (Å²) in [6.45, 7) is 9.49. The summed E-state index contributed by atoms with van der Waals surface area (Å²) in [4.78, 5) is 41.3. The van der Waals surface area contributed by atoms with Crippen molar-refractivity contribution in [2.75, 3.05) is 25.5 Å². The first kappa shape index (κ1) is 31.7. The summed E-state index contributed by atoms with van der Waals surface area (Å²) >= 11 is 0. The third-order valence-corrected chi connectivity index (χ3v) is 6.26. The Labute approximate surface area is 233 Å². The Morgan fingerprint density at radius 2 is 1.56 bits per heavy atom. The number of alkyl carbamates (subject to hydrolysis) is 1. The van der Waals surface area contributed by atoms with Gasteiger partial charge in [0.05, 0.1) is 7.11 Å². The van der Waals surface area contributed by atoms with E-state index < -0.39 is 17.7 Å². The van der Waals surface area contributed by atoms with Gasteiger partial charge in [0.25, 0.3) is 5.91 Å². The van der Waals surface area contributed by atoms with Gasteiger partial charge in [-0.05, 0) is 69.5 Å².